The summed E-state index contributed by atoms with van der Waals surface area (Å²) in [6.45, 7) is 4.10. The van der Waals surface area contributed by atoms with E-state index in [4.69, 9.17) is 18.9 Å². The number of hydrogen-bond acceptors (Lipinski definition) is 7. The lowest BCUT2D eigenvalue weighted by Crippen LogP contribution is -2.32. The number of hydrogen-bond donors (Lipinski definition) is 1. The van der Waals surface area contributed by atoms with Crippen LogP contribution in [0.4, 0.5) is 0 Å². The molecule has 1 fully saturated rings. The quantitative estimate of drug-likeness (QED) is 0.437. The molecule has 2 aromatic carbocycles. The summed E-state index contributed by atoms with van der Waals surface area (Å²) in [4.78, 5) is 26.7. The molecule has 0 radical (unpaired) electrons. The van der Waals surface area contributed by atoms with Gasteiger partial charge >= 0.3 is 0 Å². The van der Waals surface area contributed by atoms with Gasteiger partial charge in [-0.05, 0) is 61.2 Å². The molecule has 0 aromatic heterocycles. The molecule has 0 bridgehead atoms. The van der Waals surface area contributed by atoms with E-state index in [0.717, 1.165) is 31.5 Å². The molecule has 2 heterocycles. The van der Waals surface area contributed by atoms with Crippen LogP contribution in [-0.4, -0.2) is 49.8 Å². The molecule has 9 heteroatoms. The SMILES string of the molecule is CCOc1cc(/C=C(\C#N)C(=O)NCc2ccc3c(c2)OCO3)ccc1OCC(=O)N1CCCC1. The lowest BCUT2D eigenvalue weighted by atomic mass is 10.1. The van der Waals surface area contributed by atoms with Gasteiger partial charge in [0, 0.05) is 19.6 Å². The highest BCUT2D eigenvalue weighted by molar-refractivity contribution is 6.01. The summed E-state index contributed by atoms with van der Waals surface area (Å²) in [6.07, 6.45) is 3.52. The summed E-state index contributed by atoms with van der Waals surface area (Å²) in [6, 6.07) is 12.4. The standard InChI is InChI=1S/C26H27N3O6/c1-2-32-23-12-18(5-7-21(23)33-16-25(30)29-9-3-4-10-29)11-20(14-27)26(31)28-15-19-6-8-22-24(13-19)35-17-34-22/h5-8,11-13H,2-4,9-10,15-17H2,1H3,(H,28,31)/b20-11+. The zero-order valence-electron chi connectivity index (χ0n) is 19.5. The highest BCUT2D eigenvalue weighted by atomic mass is 16.7. The van der Waals surface area contributed by atoms with E-state index < -0.39 is 5.91 Å². The van der Waals surface area contributed by atoms with Crippen LogP contribution in [0.5, 0.6) is 23.0 Å². The molecular weight excluding hydrogens is 450 g/mol. The largest absolute Gasteiger partial charge is 0.490 e. The van der Waals surface area contributed by atoms with Gasteiger partial charge in [-0.3, -0.25) is 9.59 Å². The molecule has 0 atom stereocenters. The van der Waals surface area contributed by atoms with Crippen molar-refractivity contribution in [3.8, 4) is 29.1 Å². The van der Waals surface area contributed by atoms with Crippen molar-refractivity contribution in [1.29, 1.82) is 5.26 Å². The van der Waals surface area contributed by atoms with Crippen LogP contribution in [-0.2, 0) is 16.1 Å². The van der Waals surface area contributed by atoms with Crippen LogP contribution in [0.1, 0.15) is 30.9 Å². The Kier molecular flexibility index (Phi) is 7.73. The molecule has 0 aliphatic carbocycles. The number of fused-ring (bicyclic) bond motifs is 1. The maximum absolute atomic E-state index is 12.6. The predicted octanol–water partition coefficient (Wildman–Crippen LogP) is 3.04. The Hall–Kier alpha value is -4.19. The summed E-state index contributed by atoms with van der Waals surface area (Å²) in [5, 5.41) is 12.3. The van der Waals surface area contributed by atoms with Gasteiger partial charge in [0.25, 0.3) is 11.8 Å². The Balaban J connectivity index is 1.41. The van der Waals surface area contributed by atoms with E-state index in [1.807, 2.05) is 19.1 Å². The molecular formula is C26H27N3O6. The number of nitrogens with zero attached hydrogens (tertiary/aromatic N) is 2. The second kappa shape index (κ2) is 11.3. The molecule has 9 nitrogen and oxygen atoms in total. The smallest absolute Gasteiger partial charge is 0.262 e. The van der Waals surface area contributed by atoms with Crippen LogP contribution >= 0.6 is 0 Å². The fourth-order valence-corrected chi connectivity index (χ4v) is 3.84. The highest BCUT2D eigenvalue weighted by Crippen LogP contribution is 2.32. The van der Waals surface area contributed by atoms with Crippen molar-refractivity contribution < 1.29 is 28.5 Å². The molecule has 1 saturated heterocycles. The van der Waals surface area contributed by atoms with Gasteiger partial charge in [-0.15, -0.1) is 0 Å². The van der Waals surface area contributed by atoms with Crippen LogP contribution in [0.15, 0.2) is 42.0 Å². The molecule has 0 saturated carbocycles. The van der Waals surface area contributed by atoms with Crippen LogP contribution in [0.2, 0.25) is 0 Å². The van der Waals surface area contributed by atoms with E-state index >= 15 is 0 Å². The van der Waals surface area contributed by atoms with Crippen LogP contribution in [0, 0.1) is 11.3 Å². The zero-order chi connectivity index (χ0) is 24.6. The third-order valence-electron chi connectivity index (χ3n) is 5.64. The van der Waals surface area contributed by atoms with Gasteiger partial charge < -0.3 is 29.2 Å². The minimum atomic E-state index is -0.500. The van der Waals surface area contributed by atoms with E-state index in [2.05, 4.69) is 5.32 Å². The van der Waals surface area contributed by atoms with Crippen LogP contribution in [0.3, 0.4) is 0 Å². The lowest BCUT2D eigenvalue weighted by molar-refractivity contribution is -0.132. The number of nitrogens with one attached hydrogen (secondary N) is 1. The number of ether oxygens (including phenoxy) is 4. The topological polar surface area (TPSA) is 110 Å². The van der Waals surface area contributed by atoms with Gasteiger partial charge in [0.1, 0.15) is 11.6 Å². The molecule has 2 amide bonds. The summed E-state index contributed by atoms with van der Waals surface area (Å²) < 4.78 is 22.0. The fraction of sp³-hybridized carbons (Fsp3) is 0.346. The fourth-order valence-electron chi connectivity index (χ4n) is 3.84. The minimum absolute atomic E-state index is 0.0499. The average molecular weight is 478 g/mol. The highest BCUT2D eigenvalue weighted by Gasteiger charge is 2.19. The number of carbonyl (C=O) groups excluding carboxylic acids is 2. The van der Waals surface area contributed by atoms with Crippen LogP contribution < -0.4 is 24.3 Å². The zero-order valence-corrected chi connectivity index (χ0v) is 19.5. The van der Waals surface area contributed by atoms with Gasteiger partial charge in [0.2, 0.25) is 6.79 Å². The first-order valence-corrected chi connectivity index (χ1v) is 11.5. The minimum Gasteiger partial charge on any atom is -0.490 e. The number of nitriles is 1. The van der Waals surface area contributed by atoms with Crippen molar-refractivity contribution in [2.24, 2.45) is 0 Å². The van der Waals surface area contributed by atoms with Crippen molar-refractivity contribution in [3.05, 3.63) is 53.1 Å². The first-order valence-electron chi connectivity index (χ1n) is 11.5. The molecule has 35 heavy (non-hydrogen) atoms. The first kappa shape index (κ1) is 24.0. The molecule has 2 aliphatic rings. The second-order valence-electron chi connectivity index (χ2n) is 8.06. The predicted molar refractivity (Wildman–Crippen MR) is 127 cm³/mol. The van der Waals surface area contributed by atoms with E-state index in [0.29, 0.717) is 35.2 Å². The Morgan fingerprint density at radius 2 is 1.89 bits per heavy atom. The van der Waals surface area contributed by atoms with E-state index in [9.17, 15) is 14.9 Å². The van der Waals surface area contributed by atoms with Crippen molar-refractivity contribution in [1.82, 2.24) is 10.2 Å². The number of rotatable bonds is 9. The van der Waals surface area contributed by atoms with Crippen molar-refractivity contribution in [3.63, 3.8) is 0 Å². The van der Waals surface area contributed by atoms with Gasteiger partial charge in [-0.2, -0.15) is 5.26 Å². The second-order valence-corrected chi connectivity index (χ2v) is 8.06. The maximum Gasteiger partial charge on any atom is 0.262 e. The van der Waals surface area contributed by atoms with Gasteiger partial charge in [-0.25, -0.2) is 0 Å². The number of likely N-dealkylation sites (tertiary alicyclic amines) is 1. The van der Waals surface area contributed by atoms with E-state index in [1.165, 1.54) is 6.08 Å². The molecule has 2 aromatic rings. The Morgan fingerprint density at radius 1 is 1.09 bits per heavy atom. The molecule has 4 rings (SSSR count). The molecule has 182 valence electrons. The Bertz CT molecular complexity index is 1160. The summed E-state index contributed by atoms with van der Waals surface area (Å²) in [5.74, 6) is 1.60. The van der Waals surface area contributed by atoms with E-state index in [1.54, 1.807) is 35.2 Å². The van der Waals surface area contributed by atoms with Crippen molar-refractivity contribution in [2.45, 2.75) is 26.3 Å². The van der Waals surface area contributed by atoms with Gasteiger partial charge in [0.05, 0.1) is 6.61 Å². The summed E-state index contributed by atoms with van der Waals surface area (Å²) in [5.41, 5.74) is 1.37. The molecule has 0 spiro atoms. The third-order valence-corrected chi connectivity index (χ3v) is 5.64. The summed E-state index contributed by atoms with van der Waals surface area (Å²) in [7, 11) is 0. The monoisotopic (exact) mass is 477 g/mol. The van der Waals surface area contributed by atoms with Crippen LogP contribution in [0.25, 0.3) is 6.08 Å². The van der Waals surface area contributed by atoms with Gasteiger partial charge in [0.15, 0.2) is 29.6 Å². The van der Waals surface area contributed by atoms with Crippen molar-refractivity contribution >= 4 is 17.9 Å². The molecule has 2 aliphatic heterocycles. The van der Waals surface area contributed by atoms with E-state index in [-0.39, 0.29) is 31.4 Å². The number of carbonyl (C=O) groups is 2. The molecule has 0 unspecified atom stereocenters. The maximum atomic E-state index is 12.6. The summed E-state index contributed by atoms with van der Waals surface area (Å²) >= 11 is 0. The number of benzene rings is 2. The Labute approximate surface area is 203 Å². The first-order chi connectivity index (χ1) is 17.1. The normalized spacial score (nSPS) is 14.4. The third kappa shape index (κ3) is 6.03. The van der Waals surface area contributed by atoms with Gasteiger partial charge in [-0.1, -0.05) is 12.1 Å². The molecule has 1 N–H and O–H groups in total. The lowest BCUT2D eigenvalue weighted by Gasteiger charge is -2.17. The van der Waals surface area contributed by atoms with Crippen molar-refractivity contribution in [2.75, 3.05) is 33.1 Å². The number of amides is 2. The average Bonchev–Trinajstić information content (AvgIpc) is 3.57. The Morgan fingerprint density at radius 3 is 2.66 bits per heavy atom.